The third-order valence-corrected chi connectivity index (χ3v) is 5.97. The highest BCUT2D eigenvalue weighted by Gasteiger charge is 2.16. The third kappa shape index (κ3) is 4.72. The maximum Gasteiger partial charge on any atom is 0.246 e. The molecule has 0 atom stereocenters. The summed E-state index contributed by atoms with van der Waals surface area (Å²) in [4.78, 5) is 14.4. The van der Waals surface area contributed by atoms with E-state index in [1.807, 2.05) is 18.2 Å². The van der Waals surface area contributed by atoms with E-state index < -0.39 is 10.0 Å². The Morgan fingerprint density at radius 1 is 1.07 bits per heavy atom. The van der Waals surface area contributed by atoms with Crippen LogP contribution in [0.15, 0.2) is 71.6 Å². The molecule has 0 saturated heterocycles. The van der Waals surface area contributed by atoms with Gasteiger partial charge in [0.05, 0.1) is 4.90 Å². The number of sulfonamides is 1. The number of carbonyl (C=O) groups excluding carboxylic acids is 1. The molecular formula is C21H22N2O3S. The van der Waals surface area contributed by atoms with Crippen LogP contribution >= 0.6 is 0 Å². The molecule has 0 unspecified atom stereocenters. The molecule has 0 spiro atoms. The SMILES string of the molecule is CNS(=O)(=O)c1ccc(C=CC(=O)N2CC=C(c3ccccc3)CC2)cc1. The van der Waals surface area contributed by atoms with Crippen LogP contribution in [0.5, 0.6) is 0 Å². The number of nitrogens with one attached hydrogen (secondary N) is 1. The highest BCUT2D eigenvalue weighted by Crippen LogP contribution is 2.22. The maximum atomic E-state index is 12.4. The van der Waals surface area contributed by atoms with E-state index in [4.69, 9.17) is 0 Å². The van der Waals surface area contributed by atoms with Gasteiger partial charge in [-0.25, -0.2) is 13.1 Å². The molecular weight excluding hydrogens is 360 g/mol. The summed E-state index contributed by atoms with van der Waals surface area (Å²) in [5.41, 5.74) is 3.25. The number of hydrogen-bond donors (Lipinski definition) is 1. The summed E-state index contributed by atoms with van der Waals surface area (Å²) in [5, 5.41) is 0. The van der Waals surface area contributed by atoms with Crippen LogP contribution in [-0.4, -0.2) is 39.4 Å². The predicted molar refractivity (Wildman–Crippen MR) is 107 cm³/mol. The minimum atomic E-state index is -3.45. The molecule has 1 aliphatic heterocycles. The van der Waals surface area contributed by atoms with Gasteiger partial charge in [0.25, 0.3) is 0 Å². The molecule has 0 radical (unpaired) electrons. The number of benzene rings is 2. The first-order valence-electron chi connectivity index (χ1n) is 8.74. The molecule has 0 fully saturated rings. The van der Waals surface area contributed by atoms with Gasteiger partial charge < -0.3 is 4.90 Å². The van der Waals surface area contributed by atoms with Gasteiger partial charge in [-0.05, 0) is 48.4 Å². The van der Waals surface area contributed by atoms with Crippen LogP contribution in [0.3, 0.4) is 0 Å². The summed E-state index contributed by atoms with van der Waals surface area (Å²) >= 11 is 0. The minimum Gasteiger partial charge on any atom is -0.335 e. The molecule has 6 heteroatoms. The molecule has 1 heterocycles. The fraction of sp³-hybridized carbons (Fsp3) is 0.190. The molecule has 0 aliphatic carbocycles. The summed E-state index contributed by atoms with van der Waals surface area (Å²) in [6.07, 6.45) is 6.17. The highest BCUT2D eigenvalue weighted by atomic mass is 32.2. The highest BCUT2D eigenvalue weighted by molar-refractivity contribution is 7.89. The summed E-state index contributed by atoms with van der Waals surface area (Å²) < 4.78 is 25.7. The Hall–Kier alpha value is -2.70. The second-order valence-corrected chi connectivity index (χ2v) is 8.13. The van der Waals surface area contributed by atoms with Crippen LogP contribution in [0.25, 0.3) is 11.6 Å². The zero-order chi connectivity index (χ0) is 19.3. The maximum absolute atomic E-state index is 12.4. The fourth-order valence-corrected chi connectivity index (χ4v) is 3.66. The van der Waals surface area contributed by atoms with Gasteiger partial charge in [0.1, 0.15) is 0 Å². The van der Waals surface area contributed by atoms with E-state index in [2.05, 4.69) is 22.9 Å². The molecule has 140 valence electrons. The number of hydrogen-bond acceptors (Lipinski definition) is 3. The van der Waals surface area contributed by atoms with Gasteiger partial charge in [0, 0.05) is 19.2 Å². The Morgan fingerprint density at radius 2 is 1.78 bits per heavy atom. The van der Waals surface area contributed by atoms with Crippen molar-refractivity contribution in [1.82, 2.24) is 9.62 Å². The Kier molecular flexibility index (Phi) is 5.88. The van der Waals surface area contributed by atoms with Crippen molar-refractivity contribution in [2.24, 2.45) is 0 Å². The largest absolute Gasteiger partial charge is 0.335 e. The van der Waals surface area contributed by atoms with Gasteiger partial charge in [-0.3, -0.25) is 4.79 Å². The van der Waals surface area contributed by atoms with E-state index in [1.165, 1.54) is 36.4 Å². The third-order valence-electron chi connectivity index (χ3n) is 4.54. The molecule has 1 aliphatic rings. The molecule has 1 N–H and O–H groups in total. The van der Waals surface area contributed by atoms with E-state index >= 15 is 0 Å². The topological polar surface area (TPSA) is 66.5 Å². The second-order valence-electron chi connectivity index (χ2n) is 6.24. The van der Waals surface area contributed by atoms with Crippen molar-refractivity contribution in [3.05, 3.63) is 77.9 Å². The van der Waals surface area contributed by atoms with E-state index in [-0.39, 0.29) is 10.8 Å². The first-order chi connectivity index (χ1) is 13.0. The monoisotopic (exact) mass is 382 g/mol. The van der Waals surface area contributed by atoms with E-state index in [0.29, 0.717) is 13.1 Å². The van der Waals surface area contributed by atoms with Crippen molar-refractivity contribution in [1.29, 1.82) is 0 Å². The van der Waals surface area contributed by atoms with Crippen molar-refractivity contribution in [3.63, 3.8) is 0 Å². The fourth-order valence-electron chi connectivity index (χ4n) is 2.93. The second kappa shape index (κ2) is 8.33. The quantitative estimate of drug-likeness (QED) is 0.809. The van der Waals surface area contributed by atoms with Crippen LogP contribution < -0.4 is 4.72 Å². The Labute approximate surface area is 160 Å². The zero-order valence-corrected chi connectivity index (χ0v) is 15.9. The first-order valence-corrected chi connectivity index (χ1v) is 10.2. The smallest absolute Gasteiger partial charge is 0.246 e. The lowest BCUT2D eigenvalue weighted by molar-refractivity contribution is -0.125. The summed E-state index contributed by atoms with van der Waals surface area (Å²) in [6, 6.07) is 16.6. The van der Waals surface area contributed by atoms with Crippen molar-refractivity contribution < 1.29 is 13.2 Å². The minimum absolute atomic E-state index is 0.0507. The van der Waals surface area contributed by atoms with Gasteiger partial charge in [-0.2, -0.15) is 0 Å². The summed E-state index contributed by atoms with van der Waals surface area (Å²) in [7, 11) is -2.07. The summed E-state index contributed by atoms with van der Waals surface area (Å²) in [6.45, 7) is 1.27. The predicted octanol–water partition coefficient (Wildman–Crippen LogP) is 2.92. The molecule has 0 bridgehead atoms. The molecule has 27 heavy (non-hydrogen) atoms. The number of amides is 1. The Morgan fingerprint density at radius 3 is 2.37 bits per heavy atom. The van der Waals surface area contributed by atoms with Gasteiger partial charge in [-0.15, -0.1) is 0 Å². The van der Waals surface area contributed by atoms with Crippen molar-refractivity contribution >= 4 is 27.6 Å². The van der Waals surface area contributed by atoms with Gasteiger partial charge in [0.15, 0.2) is 0 Å². The Balaban J connectivity index is 1.62. The van der Waals surface area contributed by atoms with Crippen molar-refractivity contribution in [2.75, 3.05) is 20.1 Å². The Bertz CT molecular complexity index is 962. The standard InChI is InChI=1S/C21H22N2O3S/c1-22-27(25,26)20-10-7-17(8-11-20)9-12-21(24)23-15-13-19(14-16-23)18-5-3-2-4-6-18/h2-13,22H,14-16H2,1H3. The van der Waals surface area contributed by atoms with Gasteiger partial charge in [-0.1, -0.05) is 48.5 Å². The van der Waals surface area contributed by atoms with Gasteiger partial charge in [0.2, 0.25) is 15.9 Å². The number of nitrogens with zero attached hydrogens (tertiary/aromatic N) is 1. The molecule has 3 rings (SSSR count). The molecule has 5 nitrogen and oxygen atoms in total. The first kappa shape index (κ1) is 19.1. The van der Waals surface area contributed by atoms with E-state index in [1.54, 1.807) is 23.1 Å². The average Bonchev–Trinajstić information content (AvgIpc) is 2.73. The lowest BCUT2D eigenvalue weighted by Gasteiger charge is -2.25. The molecule has 2 aromatic carbocycles. The van der Waals surface area contributed by atoms with Crippen LogP contribution in [0.4, 0.5) is 0 Å². The summed E-state index contributed by atoms with van der Waals surface area (Å²) in [5.74, 6) is -0.0507. The molecule has 0 saturated carbocycles. The van der Waals surface area contributed by atoms with Crippen LogP contribution in [0.2, 0.25) is 0 Å². The van der Waals surface area contributed by atoms with Crippen molar-refractivity contribution in [3.8, 4) is 0 Å². The van der Waals surface area contributed by atoms with Crippen LogP contribution in [0, 0.1) is 0 Å². The van der Waals surface area contributed by atoms with Crippen molar-refractivity contribution in [2.45, 2.75) is 11.3 Å². The van der Waals surface area contributed by atoms with Gasteiger partial charge >= 0.3 is 0 Å². The lowest BCUT2D eigenvalue weighted by Crippen LogP contribution is -2.33. The van der Waals surface area contributed by atoms with Crippen LogP contribution in [-0.2, 0) is 14.8 Å². The normalized spacial score (nSPS) is 15.0. The number of carbonyl (C=O) groups is 1. The molecule has 0 aromatic heterocycles. The van der Waals surface area contributed by atoms with E-state index in [9.17, 15) is 13.2 Å². The van der Waals surface area contributed by atoms with Crippen LogP contribution in [0.1, 0.15) is 17.5 Å². The molecule has 1 amide bonds. The zero-order valence-electron chi connectivity index (χ0n) is 15.1. The average molecular weight is 382 g/mol. The lowest BCUT2D eigenvalue weighted by atomic mass is 9.99. The van der Waals surface area contributed by atoms with E-state index in [0.717, 1.165) is 12.0 Å². The number of rotatable bonds is 5. The molecule has 2 aromatic rings.